The highest BCUT2D eigenvalue weighted by Gasteiger charge is 2.12. The van der Waals surface area contributed by atoms with Gasteiger partial charge in [-0.05, 0) is 53.4 Å². The van der Waals surface area contributed by atoms with Crippen molar-refractivity contribution in [1.29, 1.82) is 0 Å². The minimum Gasteiger partial charge on any atom is -0.475 e. The minimum atomic E-state index is -1.02. The smallest absolute Gasteiger partial charge is 0.371 e. The maximum atomic E-state index is 10.8. The van der Waals surface area contributed by atoms with Gasteiger partial charge in [0.05, 0.1) is 0 Å². The molecule has 19 heavy (non-hydrogen) atoms. The lowest BCUT2D eigenvalue weighted by Gasteiger charge is -2.20. The molecule has 0 saturated heterocycles. The third-order valence-corrected chi connectivity index (χ3v) is 3.29. The second kappa shape index (κ2) is 7.31. The van der Waals surface area contributed by atoms with Gasteiger partial charge in [-0.15, -0.1) is 0 Å². The summed E-state index contributed by atoms with van der Waals surface area (Å²) < 4.78 is 5.16. The first-order valence-corrected chi connectivity index (χ1v) is 6.65. The minimum absolute atomic E-state index is 0.00819. The molecule has 5 heteroatoms. The predicted octanol–water partition coefficient (Wildman–Crippen LogP) is 2.11. The fourth-order valence-corrected chi connectivity index (χ4v) is 1.74. The van der Waals surface area contributed by atoms with Crippen LogP contribution in [0.1, 0.15) is 42.1 Å². The molecule has 0 aromatic carbocycles. The Balaban J connectivity index is 2.28. The van der Waals surface area contributed by atoms with Crippen LogP contribution in [0.3, 0.4) is 0 Å². The van der Waals surface area contributed by atoms with Gasteiger partial charge >= 0.3 is 5.97 Å². The Hall–Kier alpha value is -1.33. The first-order valence-electron chi connectivity index (χ1n) is 6.65. The van der Waals surface area contributed by atoms with Crippen LogP contribution in [0, 0.1) is 6.92 Å². The molecule has 0 bridgehead atoms. The van der Waals surface area contributed by atoms with E-state index in [1.165, 1.54) is 0 Å². The van der Waals surface area contributed by atoms with Crippen LogP contribution in [-0.2, 0) is 6.54 Å². The summed E-state index contributed by atoms with van der Waals surface area (Å²) in [6.45, 7) is 8.74. The topological polar surface area (TPSA) is 65.7 Å². The van der Waals surface area contributed by atoms with Crippen molar-refractivity contribution in [2.24, 2.45) is 0 Å². The van der Waals surface area contributed by atoms with Crippen molar-refractivity contribution in [2.75, 3.05) is 20.1 Å². The van der Waals surface area contributed by atoms with Crippen molar-refractivity contribution in [1.82, 2.24) is 10.2 Å². The fraction of sp³-hybridized carbons (Fsp3) is 0.643. The third kappa shape index (κ3) is 5.04. The Bertz CT molecular complexity index is 413. The standard InChI is InChI=1S/C14H24N2O3/c1-10(2)16(4)7-5-6-15-9-12-8-13(14(17)18)19-11(12)3/h8,10,15H,5-7,9H2,1-4H3,(H,17,18). The molecular weight excluding hydrogens is 244 g/mol. The van der Waals surface area contributed by atoms with Gasteiger partial charge in [-0.1, -0.05) is 0 Å². The number of carboxylic acid groups (broad SMARTS) is 1. The van der Waals surface area contributed by atoms with Crippen molar-refractivity contribution in [3.05, 3.63) is 23.2 Å². The Kier molecular flexibility index (Phi) is 6.05. The summed E-state index contributed by atoms with van der Waals surface area (Å²) in [5.74, 6) is -0.342. The van der Waals surface area contributed by atoms with Crippen LogP contribution >= 0.6 is 0 Å². The molecule has 0 aliphatic rings. The number of carboxylic acids is 1. The van der Waals surface area contributed by atoms with Gasteiger partial charge in [0.1, 0.15) is 5.76 Å². The van der Waals surface area contributed by atoms with Crippen LogP contribution in [-0.4, -0.2) is 42.2 Å². The molecule has 0 radical (unpaired) electrons. The van der Waals surface area contributed by atoms with Crippen LogP contribution in [0.25, 0.3) is 0 Å². The Morgan fingerprint density at radius 3 is 2.74 bits per heavy atom. The van der Waals surface area contributed by atoms with E-state index in [4.69, 9.17) is 9.52 Å². The van der Waals surface area contributed by atoms with E-state index in [0.717, 1.165) is 25.1 Å². The summed E-state index contributed by atoms with van der Waals surface area (Å²) in [5.41, 5.74) is 0.912. The average molecular weight is 268 g/mol. The zero-order chi connectivity index (χ0) is 14.4. The molecule has 0 atom stereocenters. The summed E-state index contributed by atoms with van der Waals surface area (Å²) in [4.78, 5) is 13.1. The van der Waals surface area contributed by atoms with Crippen molar-refractivity contribution in [2.45, 2.75) is 39.8 Å². The molecule has 2 N–H and O–H groups in total. The van der Waals surface area contributed by atoms with E-state index in [9.17, 15) is 4.79 Å². The van der Waals surface area contributed by atoms with Gasteiger partial charge < -0.3 is 19.7 Å². The lowest BCUT2D eigenvalue weighted by molar-refractivity contribution is 0.0661. The van der Waals surface area contributed by atoms with Gasteiger partial charge in [-0.25, -0.2) is 4.79 Å². The number of rotatable bonds is 8. The number of nitrogens with one attached hydrogen (secondary N) is 1. The number of carbonyl (C=O) groups is 1. The molecule has 0 fully saturated rings. The summed E-state index contributed by atoms with van der Waals surface area (Å²) in [5, 5.41) is 12.1. The first kappa shape index (κ1) is 15.7. The normalized spacial score (nSPS) is 11.5. The number of hydrogen-bond acceptors (Lipinski definition) is 4. The second-order valence-corrected chi connectivity index (χ2v) is 5.10. The van der Waals surface area contributed by atoms with Crippen LogP contribution < -0.4 is 5.32 Å². The molecule has 1 rings (SSSR count). The lowest BCUT2D eigenvalue weighted by atomic mass is 10.2. The number of aryl methyl sites for hydroxylation is 1. The summed E-state index contributed by atoms with van der Waals surface area (Å²) in [6, 6.07) is 2.15. The molecule has 1 heterocycles. The summed E-state index contributed by atoms with van der Waals surface area (Å²) >= 11 is 0. The van der Waals surface area contributed by atoms with Crippen molar-refractivity contribution in [3.8, 4) is 0 Å². The van der Waals surface area contributed by atoms with Gasteiger partial charge in [0, 0.05) is 18.2 Å². The zero-order valence-corrected chi connectivity index (χ0v) is 12.2. The highest BCUT2D eigenvalue weighted by molar-refractivity contribution is 5.84. The van der Waals surface area contributed by atoms with Crippen LogP contribution in [0.15, 0.2) is 10.5 Å². The summed E-state index contributed by atoms with van der Waals surface area (Å²) in [6.07, 6.45) is 1.07. The monoisotopic (exact) mass is 268 g/mol. The maximum Gasteiger partial charge on any atom is 0.371 e. The second-order valence-electron chi connectivity index (χ2n) is 5.10. The third-order valence-electron chi connectivity index (χ3n) is 3.29. The molecule has 0 spiro atoms. The van der Waals surface area contributed by atoms with Crippen LogP contribution in [0.5, 0.6) is 0 Å². The van der Waals surface area contributed by atoms with E-state index in [2.05, 4.69) is 31.1 Å². The highest BCUT2D eigenvalue weighted by atomic mass is 16.4. The molecule has 0 aliphatic heterocycles. The van der Waals surface area contributed by atoms with E-state index in [-0.39, 0.29) is 5.76 Å². The molecule has 0 amide bonds. The molecule has 0 saturated carbocycles. The van der Waals surface area contributed by atoms with Crippen LogP contribution in [0.2, 0.25) is 0 Å². The van der Waals surface area contributed by atoms with E-state index in [1.807, 2.05) is 0 Å². The molecule has 1 aromatic rings. The quantitative estimate of drug-likeness (QED) is 0.707. The van der Waals surface area contributed by atoms with E-state index in [0.29, 0.717) is 18.3 Å². The first-order chi connectivity index (χ1) is 8.91. The number of aromatic carboxylic acids is 1. The van der Waals surface area contributed by atoms with E-state index in [1.54, 1.807) is 13.0 Å². The maximum absolute atomic E-state index is 10.8. The molecule has 0 unspecified atom stereocenters. The Labute approximate surface area is 114 Å². The largest absolute Gasteiger partial charge is 0.475 e. The van der Waals surface area contributed by atoms with Gasteiger partial charge in [-0.2, -0.15) is 0 Å². The fourth-order valence-electron chi connectivity index (χ4n) is 1.74. The van der Waals surface area contributed by atoms with Crippen molar-refractivity contribution < 1.29 is 14.3 Å². The SMILES string of the molecule is Cc1oc(C(=O)O)cc1CNCCCN(C)C(C)C. The molecule has 0 aliphatic carbocycles. The van der Waals surface area contributed by atoms with Crippen LogP contribution in [0.4, 0.5) is 0 Å². The number of nitrogens with zero attached hydrogens (tertiary/aromatic N) is 1. The highest BCUT2D eigenvalue weighted by Crippen LogP contribution is 2.14. The number of hydrogen-bond donors (Lipinski definition) is 2. The van der Waals surface area contributed by atoms with Crippen molar-refractivity contribution in [3.63, 3.8) is 0 Å². The van der Waals surface area contributed by atoms with Crippen molar-refractivity contribution >= 4 is 5.97 Å². The van der Waals surface area contributed by atoms with Gasteiger partial charge in [0.2, 0.25) is 5.76 Å². The zero-order valence-electron chi connectivity index (χ0n) is 12.2. The lowest BCUT2D eigenvalue weighted by Crippen LogP contribution is -2.29. The van der Waals surface area contributed by atoms with Gasteiger partial charge in [0.25, 0.3) is 0 Å². The van der Waals surface area contributed by atoms with Gasteiger partial charge in [0.15, 0.2) is 0 Å². The number of furan rings is 1. The van der Waals surface area contributed by atoms with E-state index < -0.39 is 5.97 Å². The van der Waals surface area contributed by atoms with E-state index >= 15 is 0 Å². The Morgan fingerprint density at radius 1 is 1.53 bits per heavy atom. The predicted molar refractivity (Wildman–Crippen MR) is 74.5 cm³/mol. The average Bonchev–Trinajstić information content (AvgIpc) is 2.70. The van der Waals surface area contributed by atoms with Gasteiger partial charge in [-0.3, -0.25) is 0 Å². The molecule has 5 nitrogen and oxygen atoms in total. The molecule has 108 valence electrons. The Morgan fingerprint density at radius 2 is 2.21 bits per heavy atom. The summed E-state index contributed by atoms with van der Waals surface area (Å²) in [7, 11) is 2.12. The molecule has 1 aromatic heterocycles. The molecular formula is C14H24N2O3.